The highest BCUT2D eigenvalue weighted by molar-refractivity contribution is 5.85. The van der Waals surface area contributed by atoms with E-state index < -0.39 is 23.5 Å². The third kappa shape index (κ3) is 2.71. The molecule has 0 radical (unpaired) electrons. The van der Waals surface area contributed by atoms with Crippen LogP contribution in [-0.2, 0) is 0 Å². The molecule has 0 aromatic carbocycles. The Kier molecular flexibility index (Phi) is 3.70. The molecule has 0 spiro atoms. The molecule has 1 heterocycles. The predicted octanol–water partition coefficient (Wildman–Crippen LogP) is 0.301. The Morgan fingerprint density at radius 3 is 2.80 bits per heavy atom. The van der Waals surface area contributed by atoms with E-state index >= 15 is 0 Å². The summed E-state index contributed by atoms with van der Waals surface area (Å²) in [7, 11) is 0. The predicted molar refractivity (Wildman–Crippen MR) is 49.8 cm³/mol. The van der Waals surface area contributed by atoms with Crippen molar-refractivity contribution in [2.24, 2.45) is 5.73 Å². The molecule has 0 saturated carbocycles. The number of hydrogen-bond acceptors (Lipinski definition) is 4. The van der Waals surface area contributed by atoms with Crippen molar-refractivity contribution in [1.82, 2.24) is 4.98 Å². The standard InChI is InChI=1S/C9H11FN2O3/c10-6-3-5(7(11)1-2-13)4-12-8(6)9(14)15/h3-4,7,13H,1-2,11H2,(H,14,15)/t7-/m0/s1. The van der Waals surface area contributed by atoms with Crippen LogP contribution in [0, 0.1) is 5.82 Å². The molecule has 1 atom stereocenters. The van der Waals surface area contributed by atoms with Gasteiger partial charge in [0.1, 0.15) is 0 Å². The highest BCUT2D eigenvalue weighted by atomic mass is 19.1. The first-order chi connectivity index (χ1) is 7.06. The van der Waals surface area contributed by atoms with Crippen LogP contribution < -0.4 is 5.73 Å². The monoisotopic (exact) mass is 214 g/mol. The highest BCUT2D eigenvalue weighted by Crippen LogP contribution is 2.15. The summed E-state index contributed by atoms with van der Waals surface area (Å²) in [5.74, 6) is -2.34. The number of hydrogen-bond donors (Lipinski definition) is 3. The van der Waals surface area contributed by atoms with Gasteiger partial charge < -0.3 is 15.9 Å². The number of carbonyl (C=O) groups is 1. The van der Waals surface area contributed by atoms with Crippen molar-refractivity contribution in [1.29, 1.82) is 0 Å². The maximum absolute atomic E-state index is 13.1. The minimum absolute atomic E-state index is 0.122. The van der Waals surface area contributed by atoms with E-state index in [2.05, 4.69) is 4.98 Å². The molecule has 0 bridgehead atoms. The summed E-state index contributed by atoms with van der Waals surface area (Å²) in [6.45, 7) is -0.122. The van der Waals surface area contributed by atoms with Gasteiger partial charge in [0.2, 0.25) is 0 Å². The molecule has 0 aliphatic rings. The number of aromatic carboxylic acids is 1. The third-order valence-corrected chi connectivity index (χ3v) is 1.93. The van der Waals surface area contributed by atoms with Crippen LogP contribution in [-0.4, -0.2) is 27.8 Å². The molecule has 0 saturated heterocycles. The largest absolute Gasteiger partial charge is 0.476 e. The molecule has 5 nitrogen and oxygen atoms in total. The van der Waals surface area contributed by atoms with Crippen molar-refractivity contribution in [3.05, 3.63) is 29.3 Å². The number of nitrogens with zero attached hydrogens (tertiary/aromatic N) is 1. The summed E-state index contributed by atoms with van der Waals surface area (Å²) in [5, 5.41) is 17.1. The molecule has 0 aliphatic heterocycles. The second-order valence-electron chi connectivity index (χ2n) is 3.02. The molecular formula is C9H11FN2O3. The lowest BCUT2D eigenvalue weighted by Crippen LogP contribution is -2.14. The van der Waals surface area contributed by atoms with Gasteiger partial charge in [-0.25, -0.2) is 14.2 Å². The molecule has 0 unspecified atom stereocenters. The molecule has 15 heavy (non-hydrogen) atoms. The van der Waals surface area contributed by atoms with Gasteiger partial charge in [0.25, 0.3) is 0 Å². The molecule has 4 N–H and O–H groups in total. The van der Waals surface area contributed by atoms with Crippen LogP contribution in [0.2, 0.25) is 0 Å². The Morgan fingerprint density at radius 1 is 1.67 bits per heavy atom. The normalized spacial score (nSPS) is 12.5. The summed E-state index contributed by atoms with van der Waals surface area (Å²) in [6, 6.07) is 0.483. The molecule has 1 aromatic heterocycles. The quantitative estimate of drug-likeness (QED) is 0.669. The van der Waals surface area contributed by atoms with Gasteiger partial charge >= 0.3 is 5.97 Å². The van der Waals surface area contributed by atoms with Crippen molar-refractivity contribution >= 4 is 5.97 Å². The van der Waals surface area contributed by atoms with E-state index in [-0.39, 0.29) is 13.0 Å². The summed E-state index contributed by atoms with van der Waals surface area (Å²) in [4.78, 5) is 13.9. The van der Waals surface area contributed by atoms with Gasteiger partial charge in [-0.1, -0.05) is 0 Å². The molecule has 1 rings (SSSR count). The van der Waals surface area contributed by atoms with Gasteiger partial charge in [0.05, 0.1) is 0 Å². The molecule has 6 heteroatoms. The minimum Gasteiger partial charge on any atom is -0.476 e. The van der Waals surface area contributed by atoms with E-state index in [1.807, 2.05) is 0 Å². The van der Waals surface area contributed by atoms with Gasteiger partial charge in [-0.2, -0.15) is 0 Å². The van der Waals surface area contributed by atoms with Crippen molar-refractivity contribution in [2.45, 2.75) is 12.5 Å². The summed E-state index contributed by atoms with van der Waals surface area (Å²) in [6.07, 6.45) is 1.47. The van der Waals surface area contributed by atoms with Crippen molar-refractivity contribution < 1.29 is 19.4 Å². The van der Waals surface area contributed by atoms with Gasteiger partial charge in [0, 0.05) is 18.8 Å². The molecule has 82 valence electrons. The van der Waals surface area contributed by atoms with E-state index in [0.717, 1.165) is 6.07 Å². The van der Waals surface area contributed by atoms with Crippen LogP contribution in [0.25, 0.3) is 0 Å². The van der Waals surface area contributed by atoms with Crippen molar-refractivity contribution in [2.75, 3.05) is 6.61 Å². The van der Waals surface area contributed by atoms with E-state index in [1.54, 1.807) is 0 Å². The second-order valence-corrected chi connectivity index (χ2v) is 3.02. The third-order valence-electron chi connectivity index (χ3n) is 1.93. The SMILES string of the molecule is N[C@@H](CCO)c1cnc(C(=O)O)c(F)c1. The zero-order valence-corrected chi connectivity index (χ0v) is 7.85. The van der Waals surface area contributed by atoms with Gasteiger partial charge in [-0.3, -0.25) is 0 Å². The topological polar surface area (TPSA) is 96.4 Å². The lowest BCUT2D eigenvalue weighted by atomic mass is 10.1. The van der Waals surface area contributed by atoms with E-state index in [9.17, 15) is 9.18 Å². The molecule has 0 fully saturated rings. The lowest BCUT2D eigenvalue weighted by Gasteiger charge is -2.10. The fraction of sp³-hybridized carbons (Fsp3) is 0.333. The van der Waals surface area contributed by atoms with Gasteiger partial charge in [-0.15, -0.1) is 0 Å². The number of nitrogens with two attached hydrogens (primary N) is 1. The van der Waals surface area contributed by atoms with Crippen LogP contribution in [0.4, 0.5) is 4.39 Å². The van der Waals surface area contributed by atoms with Crippen LogP contribution >= 0.6 is 0 Å². The Hall–Kier alpha value is -1.53. The Morgan fingerprint density at radius 2 is 2.33 bits per heavy atom. The van der Waals surface area contributed by atoms with Crippen LogP contribution in [0.3, 0.4) is 0 Å². The molecule has 1 aromatic rings. The number of carboxylic acid groups (broad SMARTS) is 1. The minimum atomic E-state index is -1.42. The first-order valence-electron chi connectivity index (χ1n) is 4.31. The Bertz CT molecular complexity index is 370. The van der Waals surface area contributed by atoms with Crippen LogP contribution in [0.5, 0.6) is 0 Å². The average Bonchev–Trinajstić information content (AvgIpc) is 2.17. The number of halogens is 1. The lowest BCUT2D eigenvalue weighted by molar-refractivity contribution is 0.0685. The van der Waals surface area contributed by atoms with Gasteiger partial charge in [0.15, 0.2) is 11.5 Å². The second kappa shape index (κ2) is 4.81. The van der Waals surface area contributed by atoms with Crippen LogP contribution in [0.15, 0.2) is 12.3 Å². The zero-order valence-electron chi connectivity index (χ0n) is 7.85. The zero-order chi connectivity index (χ0) is 11.4. The van der Waals surface area contributed by atoms with Crippen molar-refractivity contribution in [3.8, 4) is 0 Å². The Balaban J connectivity index is 2.96. The number of rotatable bonds is 4. The summed E-state index contributed by atoms with van der Waals surface area (Å²) in [5.41, 5.74) is 5.32. The Labute approximate surface area is 85.4 Å². The molecule has 0 amide bonds. The van der Waals surface area contributed by atoms with E-state index in [1.165, 1.54) is 6.20 Å². The molecular weight excluding hydrogens is 203 g/mol. The average molecular weight is 214 g/mol. The highest BCUT2D eigenvalue weighted by Gasteiger charge is 2.14. The number of aromatic nitrogens is 1. The maximum atomic E-state index is 13.1. The van der Waals surface area contributed by atoms with Gasteiger partial charge in [-0.05, 0) is 18.1 Å². The fourth-order valence-corrected chi connectivity index (χ4v) is 1.12. The van der Waals surface area contributed by atoms with Crippen LogP contribution in [0.1, 0.15) is 28.5 Å². The smallest absolute Gasteiger partial charge is 0.357 e. The summed E-state index contributed by atoms with van der Waals surface area (Å²) >= 11 is 0. The number of pyridine rings is 1. The summed E-state index contributed by atoms with van der Waals surface area (Å²) < 4.78 is 13.1. The number of carboxylic acids is 1. The molecule has 0 aliphatic carbocycles. The maximum Gasteiger partial charge on any atom is 0.357 e. The fourth-order valence-electron chi connectivity index (χ4n) is 1.12. The number of aliphatic hydroxyl groups is 1. The van der Waals surface area contributed by atoms with Crippen molar-refractivity contribution in [3.63, 3.8) is 0 Å². The first-order valence-corrected chi connectivity index (χ1v) is 4.31. The van der Waals surface area contributed by atoms with E-state index in [0.29, 0.717) is 5.56 Å². The van der Waals surface area contributed by atoms with E-state index in [4.69, 9.17) is 15.9 Å². The first kappa shape index (κ1) is 11.5. The number of aliphatic hydroxyl groups excluding tert-OH is 1.